The van der Waals surface area contributed by atoms with E-state index < -0.39 is 11.6 Å². The van der Waals surface area contributed by atoms with Crippen LogP contribution in [0.4, 0.5) is 24.0 Å². The maximum Gasteiger partial charge on any atom is 0.319 e. The summed E-state index contributed by atoms with van der Waals surface area (Å²) < 4.78 is 52.2. The molecule has 8 nitrogen and oxygen atoms in total. The molecule has 2 aromatic heterocycles. The van der Waals surface area contributed by atoms with Gasteiger partial charge in [-0.15, -0.1) is 11.3 Å². The third-order valence-electron chi connectivity index (χ3n) is 11.4. The fourth-order valence-corrected chi connectivity index (χ4v) is 10.3. The van der Waals surface area contributed by atoms with Crippen molar-refractivity contribution < 1.29 is 17.9 Å². The molecule has 0 radical (unpaired) electrons. The van der Waals surface area contributed by atoms with E-state index >= 15 is 4.39 Å². The number of aromatic nitrogens is 2. The molecule has 48 heavy (non-hydrogen) atoms. The van der Waals surface area contributed by atoms with Gasteiger partial charge in [0.1, 0.15) is 34.8 Å². The van der Waals surface area contributed by atoms with Gasteiger partial charge in [-0.3, -0.25) is 4.90 Å². The number of nitrogen functional groups attached to an aromatic ring is 1. The first kappa shape index (κ1) is 30.4. The summed E-state index contributed by atoms with van der Waals surface area (Å²) in [4.78, 5) is 14.1. The summed E-state index contributed by atoms with van der Waals surface area (Å²) >= 11 is 7.87. The number of rotatable bonds is 6. The minimum atomic E-state index is -0.716. The van der Waals surface area contributed by atoms with Crippen molar-refractivity contribution in [3.8, 4) is 23.2 Å². The number of thiophene rings is 1. The lowest BCUT2D eigenvalue weighted by Gasteiger charge is -2.42. The molecule has 1 saturated carbocycles. The van der Waals surface area contributed by atoms with Gasteiger partial charge in [-0.1, -0.05) is 17.7 Å². The molecule has 0 amide bonds. The molecule has 5 aliphatic rings. The van der Waals surface area contributed by atoms with Gasteiger partial charge in [0.2, 0.25) is 0 Å². The van der Waals surface area contributed by atoms with Gasteiger partial charge in [-0.2, -0.15) is 15.2 Å². The van der Waals surface area contributed by atoms with Gasteiger partial charge < -0.3 is 20.7 Å². The summed E-state index contributed by atoms with van der Waals surface area (Å²) in [5.74, 6) is -0.117. The number of nitrogens with two attached hydrogens (primary N) is 1. The molecule has 13 heteroatoms. The third-order valence-corrected chi connectivity index (χ3v) is 12.7. The van der Waals surface area contributed by atoms with Crippen molar-refractivity contribution in [1.29, 1.82) is 5.26 Å². The first-order valence-electron chi connectivity index (χ1n) is 16.5. The van der Waals surface area contributed by atoms with Gasteiger partial charge >= 0.3 is 6.01 Å². The van der Waals surface area contributed by atoms with Crippen LogP contribution in [-0.2, 0) is 0 Å². The van der Waals surface area contributed by atoms with Crippen LogP contribution in [0.15, 0.2) is 30.1 Å². The number of hydrogen-bond donors (Lipinski definition) is 2. The van der Waals surface area contributed by atoms with Crippen LogP contribution in [0.2, 0.25) is 5.02 Å². The average molecular weight is 692 g/mol. The zero-order valence-corrected chi connectivity index (χ0v) is 27.7. The highest BCUT2D eigenvalue weighted by Crippen LogP contribution is 2.50. The molecule has 0 unspecified atom stereocenters. The first-order chi connectivity index (χ1) is 23.2. The zero-order valence-electron chi connectivity index (χ0n) is 26.1. The van der Waals surface area contributed by atoms with Crippen molar-refractivity contribution in [1.82, 2.24) is 20.2 Å². The van der Waals surface area contributed by atoms with Gasteiger partial charge in [-0.25, -0.2) is 13.2 Å². The van der Waals surface area contributed by atoms with E-state index in [4.69, 9.17) is 27.1 Å². The molecule has 4 aliphatic heterocycles. The number of nitrogens with one attached hydrogen (secondary N) is 1. The second-order valence-electron chi connectivity index (χ2n) is 14.2. The van der Waals surface area contributed by atoms with E-state index in [2.05, 4.69) is 26.2 Å². The minimum Gasteiger partial charge on any atom is -0.461 e. The average Bonchev–Trinajstić information content (AvgIpc) is 3.53. The maximum atomic E-state index is 17.1. The van der Waals surface area contributed by atoms with Crippen molar-refractivity contribution in [3.05, 3.63) is 52.3 Å². The number of nitriles is 1. The van der Waals surface area contributed by atoms with Crippen LogP contribution in [0, 0.1) is 28.9 Å². The molecule has 6 heterocycles. The van der Waals surface area contributed by atoms with E-state index in [1.807, 2.05) is 0 Å². The number of halogens is 4. The third kappa shape index (κ3) is 4.54. The Bertz CT molecular complexity index is 2100. The van der Waals surface area contributed by atoms with Gasteiger partial charge in [0, 0.05) is 47.6 Å². The van der Waals surface area contributed by atoms with Crippen molar-refractivity contribution >= 4 is 54.7 Å². The smallest absolute Gasteiger partial charge is 0.319 e. The highest BCUT2D eigenvalue weighted by atomic mass is 35.5. The highest BCUT2D eigenvalue weighted by molar-refractivity contribution is 7.23. The zero-order chi connectivity index (χ0) is 32.9. The van der Waals surface area contributed by atoms with E-state index in [-0.39, 0.29) is 72.1 Å². The second-order valence-corrected chi connectivity index (χ2v) is 15.7. The van der Waals surface area contributed by atoms with Gasteiger partial charge in [0.25, 0.3) is 0 Å². The van der Waals surface area contributed by atoms with Crippen LogP contribution in [0.1, 0.15) is 50.5 Å². The highest BCUT2D eigenvalue weighted by Gasteiger charge is 2.53. The van der Waals surface area contributed by atoms with Crippen LogP contribution in [0.5, 0.6) is 6.01 Å². The molecule has 4 saturated heterocycles. The Morgan fingerprint density at radius 3 is 2.88 bits per heavy atom. The van der Waals surface area contributed by atoms with Crippen molar-refractivity contribution in [2.45, 2.75) is 62.1 Å². The van der Waals surface area contributed by atoms with Gasteiger partial charge in [-0.05, 0) is 80.7 Å². The summed E-state index contributed by atoms with van der Waals surface area (Å²) in [6.07, 6.45) is 7.62. The molecule has 2 aromatic carbocycles. The molecular formula is C35H33ClF3N7OS. The largest absolute Gasteiger partial charge is 0.461 e. The lowest BCUT2D eigenvalue weighted by molar-refractivity contribution is 0.108. The summed E-state index contributed by atoms with van der Waals surface area (Å²) in [7, 11) is 0. The van der Waals surface area contributed by atoms with Crippen LogP contribution in [0.3, 0.4) is 0 Å². The SMILES string of the molecule is N#Cc1c(N)sc2c(F)ccc(-c3c(Cl)cc4c(N5C[C@@H]6CC[C@](C7CC7)(C5)N6)nc(OC[C@@]56CCCN5C/C(=C/F)C6)nc4c3F)c12. The van der Waals surface area contributed by atoms with Crippen LogP contribution in [-0.4, -0.2) is 64.8 Å². The first-order valence-corrected chi connectivity index (χ1v) is 17.7. The van der Waals surface area contributed by atoms with Crippen LogP contribution >= 0.6 is 22.9 Å². The molecule has 248 valence electrons. The fraction of sp³-hybridized carbons (Fsp3) is 0.457. The quantitative estimate of drug-likeness (QED) is 0.221. The Labute approximate surface area is 284 Å². The predicted molar refractivity (Wildman–Crippen MR) is 181 cm³/mol. The van der Waals surface area contributed by atoms with Gasteiger partial charge in [0.15, 0.2) is 5.82 Å². The predicted octanol–water partition coefficient (Wildman–Crippen LogP) is 7.09. The molecule has 4 aromatic rings. The number of hydrogen-bond acceptors (Lipinski definition) is 9. The number of benzene rings is 2. The van der Waals surface area contributed by atoms with E-state index in [0.717, 1.165) is 55.7 Å². The number of piperazine rings is 1. The van der Waals surface area contributed by atoms with Crippen LogP contribution < -0.4 is 20.7 Å². The summed E-state index contributed by atoms with van der Waals surface area (Å²) in [5.41, 5.74) is 6.82. The normalized spacial score (nSPS) is 27.8. The molecule has 3 atom stereocenters. The molecule has 1 aliphatic carbocycles. The molecule has 2 bridgehead atoms. The minimum absolute atomic E-state index is 0.00276. The Kier molecular flexibility index (Phi) is 6.93. The van der Waals surface area contributed by atoms with E-state index in [1.54, 1.807) is 6.07 Å². The lowest BCUT2D eigenvalue weighted by atomic mass is 9.90. The number of ether oxygens (including phenoxy) is 1. The molecule has 5 fully saturated rings. The Morgan fingerprint density at radius 1 is 1.23 bits per heavy atom. The summed E-state index contributed by atoms with van der Waals surface area (Å²) in [6, 6.07) is 6.71. The number of anilines is 2. The number of fused-ring (bicyclic) bond motifs is 5. The van der Waals surface area contributed by atoms with Crippen LogP contribution in [0.25, 0.3) is 32.1 Å². The Morgan fingerprint density at radius 2 is 2.08 bits per heavy atom. The Hall–Kier alpha value is -3.63. The van der Waals surface area contributed by atoms with Gasteiger partial charge in [0.05, 0.1) is 27.2 Å². The van der Waals surface area contributed by atoms with Crippen molar-refractivity contribution in [2.24, 2.45) is 5.92 Å². The van der Waals surface area contributed by atoms with Crippen molar-refractivity contribution in [2.75, 3.05) is 43.4 Å². The topological polar surface area (TPSA) is 103 Å². The Balaban J connectivity index is 1.20. The number of nitrogens with zero attached hydrogens (tertiary/aromatic N) is 5. The van der Waals surface area contributed by atoms with E-state index in [0.29, 0.717) is 43.0 Å². The molecular weight excluding hydrogens is 659 g/mol. The molecule has 0 spiro atoms. The monoisotopic (exact) mass is 691 g/mol. The van der Waals surface area contributed by atoms with E-state index in [9.17, 15) is 14.0 Å². The van der Waals surface area contributed by atoms with Crippen molar-refractivity contribution in [3.63, 3.8) is 0 Å². The van der Waals surface area contributed by atoms with E-state index in [1.165, 1.54) is 25.0 Å². The molecule has 9 rings (SSSR count). The maximum absolute atomic E-state index is 17.1. The standard InChI is InChI=1S/C35H33ClF3N7OS/c36-24-10-22-29(28(39)27(24)21-4-5-25(38)30-26(21)23(13-40)31(41)48-30)42-33(47-17-34-7-1-9-46(34)14-18(11-34)12-37)43-32(22)45-15-20-6-8-35(16-45,44-20)19-2-3-19/h4-5,10,12,19-20,44H,1-3,6-9,11,14-17,41H2/b18-12+/t20-,34-,35+/m0/s1. The fourth-order valence-electron chi connectivity index (χ4n) is 9.04. The summed E-state index contributed by atoms with van der Waals surface area (Å²) in [6.45, 7) is 3.08. The second kappa shape index (κ2) is 10.9. The molecule has 3 N–H and O–H groups in total. The summed E-state index contributed by atoms with van der Waals surface area (Å²) in [5, 5.41) is 14.7. The lowest BCUT2D eigenvalue weighted by Crippen LogP contribution is -2.61.